The Morgan fingerprint density at radius 3 is 2.48 bits per heavy atom. The van der Waals surface area contributed by atoms with Crippen molar-refractivity contribution >= 4 is 17.6 Å². The van der Waals surface area contributed by atoms with Crippen LogP contribution < -0.4 is 10.1 Å². The number of amides is 1. The van der Waals surface area contributed by atoms with Gasteiger partial charge in [0.25, 0.3) is 5.91 Å². The Balaban J connectivity index is 2.98. The number of nitro groups is 1. The minimum Gasteiger partial charge on any atom is -0.478 e. The summed E-state index contributed by atoms with van der Waals surface area (Å²) < 4.78 is 5.06. The van der Waals surface area contributed by atoms with E-state index in [1.165, 1.54) is 12.1 Å². The zero-order valence-corrected chi connectivity index (χ0v) is 11.9. The summed E-state index contributed by atoms with van der Waals surface area (Å²) >= 11 is 0. The van der Waals surface area contributed by atoms with Crippen molar-refractivity contribution in [3.05, 3.63) is 33.9 Å². The molecule has 0 fully saturated rings. The highest BCUT2D eigenvalue weighted by Crippen LogP contribution is 2.30. The quantitative estimate of drug-likeness (QED) is 0.629. The molecule has 0 aliphatic rings. The van der Waals surface area contributed by atoms with Gasteiger partial charge in [-0.25, -0.2) is 4.79 Å². The molecule has 21 heavy (non-hydrogen) atoms. The van der Waals surface area contributed by atoms with Crippen LogP contribution in [0, 0.1) is 10.1 Å². The van der Waals surface area contributed by atoms with Crippen LogP contribution in [0.15, 0.2) is 18.2 Å². The van der Waals surface area contributed by atoms with Gasteiger partial charge < -0.3 is 15.2 Å². The van der Waals surface area contributed by atoms with Gasteiger partial charge in [0, 0.05) is 11.6 Å². The third kappa shape index (κ3) is 4.75. The number of para-hydroxylation sites is 1. The first kappa shape index (κ1) is 16.4. The first-order valence-corrected chi connectivity index (χ1v) is 6.06. The van der Waals surface area contributed by atoms with Crippen molar-refractivity contribution in [3.63, 3.8) is 0 Å². The monoisotopic (exact) mass is 296 g/mol. The number of carbonyl (C=O) groups excluding carboxylic acids is 1. The number of aromatic carboxylic acids is 1. The van der Waals surface area contributed by atoms with Crippen LogP contribution in [0.5, 0.6) is 5.75 Å². The molecule has 0 radical (unpaired) electrons. The van der Waals surface area contributed by atoms with E-state index in [4.69, 9.17) is 9.84 Å². The van der Waals surface area contributed by atoms with Crippen LogP contribution in [0.3, 0.4) is 0 Å². The van der Waals surface area contributed by atoms with Gasteiger partial charge >= 0.3 is 11.7 Å². The second-order valence-corrected chi connectivity index (χ2v) is 5.30. The molecule has 1 rings (SSSR count). The number of carboxylic acids is 1. The molecule has 1 aromatic rings. The van der Waals surface area contributed by atoms with Crippen LogP contribution in [0.4, 0.5) is 5.69 Å². The molecule has 2 N–H and O–H groups in total. The highest BCUT2D eigenvalue weighted by molar-refractivity contribution is 5.92. The minimum absolute atomic E-state index is 0.368. The van der Waals surface area contributed by atoms with Gasteiger partial charge in [-0.2, -0.15) is 0 Å². The normalized spacial score (nSPS) is 10.8. The Labute approximate surface area is 120 Å². The van der Waals surface area contributed by atoms with E-state index in [2.05, 4.69) is 5.32 Å². The van der Waals surface area contributed by atoms with Crippen LogP contribution in [-0.2, 0) is 4.79 Å². The molecule has 114 valence electrons. The zero-order chi connectivity index (χ0) is 16.2. The number of nitrogens with one attached hydrogen (secondary N) is 1. The van der Waals surface area contributed by atoms with Crippen LogP contribution in [-0.4, -0.2) is 34.1 Å². The lowest BCUT2D eigenvalue weighted by Crippen LogP contribution is -2.43. The number of carboxylic acid groups (broad SMARTS) is 1. The molecule has 0 aliphatic heterocycles. The molecule has 0 saturated heterocycles. The number of benzene rings is 1. The molecule has 0 saturated carbocycles. The van der Waals surface area contributed by atoms with E-state index in [1.54, 1.807) is 20.8 Å². The standard InChI is InChI=1S/C13H16N2O6/c1-13(2,3)14-10(16)7-21-11-8(12(17)18)5-4-6-9(11)15(19)20/h4-6H,7H2,1-3H3,(H,14,16)(H,17,18). The maximum absolute atomic E-state index is 11.6. The Morgan fingerprint density at radius 1 is 1.38 bits per heavy atom. The summed E-state index contributed by atoms with van der Waals surface area (Å²) in [6, 6.07) is 3.53. The fourth-order valence-electron chi connectivity index (χ4n) is 1.58. The van der Waals surface area contributed by atoms with Crippen molar-refractivity contribution in [2.45, 2.75) is 26.3 Å². The second-order valence-electron chi connectivity index (χ2n) is 5.30. The zero-order valence-electron chi connectivity index (χ0n) is 11.9. The number of nitrogens with zero attached hydrogens (tertiary/aromatic N) is 1. The first-order chi connectivity index (χ1) is 9.61. The number of hydrogen-bond acceptors (Lipinski definition) is 5. The van der Waals surface area contributed by atoms with Crippen molar-refractivity contribution < 1.29 is 24.4 Å². The van der Waals surface area contributed by atoms with E-state index in [1.807, 2.05) is 0 Å². The third-order valence-electron chi connectivity index (χ3n) is 2.28. The maximum atomic E-state index is 11.6. The van der Waals surface area contributed by atoms with Gasteiger partial charge in [0.1, 0.15) is 5.56 Å². The van der Waals surface area contributed by atoms with Gasteiger partial charge in [-0.3, -0.25) is 14.9 Å². The summed E-state index contributed by atoms with van der Waals surface area (Å²) in [6.45, 7) is 4.78. The van der Waals surface area contributed by atoms with E-state index in [9.17, 15) is 19.7 Å². The number of nitro benzene ring substituents is 1. The summed E-state index contributed by atoms with van der Waals surface area (Å²) in [5.74, 6) is -2.30. The van der Waals surface area contributed by atoms with Crippen molar-refractivity contribution in [1.82, 2.24) is 5.32 Å². The van der Waals surface area contributed by atoms with E-state index in [0.717, 1.165) is 6.07 Å². The lowest BCUT2D eigenvalue weighted by molar-refractivity contribution is -0.385. The molecule has 8 heteroatoms. The largest absolute Gasteiger partial charge is 0.478 e. The molecule has 0 aliphatic carbocycles. The first-order valence-electron chi connectivity index (χ1n) is 6.06. The predicted octanol–water partition coefficient (Wildman–Crippen LogP) is 1.59. The SMILES string of the molecule is CC(C)(C)NC(=O)COc1c(C(=O)O)cccc1[N+](=O)[O-]. The maximum Gasteiger partial charge on any atom is 0.339 e. The van der Waals surface area contributed by atoms with Crippen LogP contribution in [0.1, 0.15) is 31.1 Å². The molecular formula is C13H16N2O6. The van der Waals surface area contributed by atoms with Gasteiger partial charge in [-0.05, 0) is 26.8 Å². The van der Waals surface area contributed by atoms with Crippen molar-refractivity contribution in [2.24, 2.45) is 0 Å². The van der Waals surface area contributed by atoms with Crippen molar-refractivity contribution in [2.75, 3.05) is 6.61 Å². The van der Waals surface area contributed by atoms with Crippen molar-refractivity contribution in [1.29, 1.82) is 0 Å². The van der Waals surface area contributed by atoms with Crippen LogP contribution in [0.2, 0.25) is 0 Å². The number of rotatable bonds is 5. The van der Waals surface area contributed by atoms with E-state index in [-0.39, 0.29) is 5.56 Å². The molecule has 0 aromatic heterocycles. The number of ether oxygens (including phenoxy) is 1. The Kier molecular flexibility index (Phi) is 4.85. The highest BCUT2D eigenvalue weighted by atomic mass is 16.6. The van der Waals surface area contributed by atoms with E-state index in [0.29, 0.717) is 0 Å². The number of hydrogen-bond donors (Lipinski definition) is 2. The Hall–Kier alpha value is -2.64. The van der Waals surface area contributed by atoms with Crippen LogP contribution in [0.25, 0.3) is 0 Å². The molecule has 0 heterocycles. The highest BCUT2D eigenvalue weighted by Gasteiger charge is 2.24. The fraction of sp³-hybridized carbons (Fsp3) is 0.385. The average Bonchev–Trinajstić information content (AvgIpc) is 2.33. The predicted molar refractivity (Wildman–Crippen MR) is 73.4 cm³/mol. The van der Waals surface area contributed by atoms with Gasteiger partial charge in [0.15, 0.2) is 6.61 Å². The molecule has 0 atom stereocenters. The molecule has 0 unspecified atom stereocenters. The molecule has 1 amide bonds. The topological polar surface area (TPSA) is 119 Å². The third-order valence-corrected chi connectivity index (χ3v) is 2.28. The lowest BCUT2D eigenvalue weighted by atomic mass is 10.1. The fourth-order valence-corrected chi connectivity index (χ4v) is 1.58. The van der Waals surface area contributed by atoms with Gasteiger partial charge in [0.05, 0.1) is 4.92 Å². The van der Waals surface area contributed by atoms with Gasteiger partial charge in [-0.15, -0.1) is 0 Å². The summed E-state index contributed by atoms with van der Waals surface area (Å²) in [6.07, 6.45) is 0. The second kappa shape index (κ2) is 6.21. The van der Waals surface area contributed by atoms with Crippen molar-refractivity contribution in [3.8, 4) is 5.75 Å². The number of carbonyl (C=O) groups is 2. The Morgan fingerprint density at radius 2 is 2.00 bits per heavy atom. The molecule has 0 bridgehead atoms. The molecule has 1 aromatic carbocycles. The smallest absolute Gasteiger partial charge is 0.339 e. The summed E-state index contributed by atoms with van der Waals surface area (Å²) in [5.41, 5.74) is -1.36. The summed E-state index contributed by atoms with van der Waals surface area (Å²) in [5, 5.41) is 22.5. The average molecular weight is 296 g/mol. The molecule has 0 spiro atoms. The minimum atomic E-state index is -1.37. The van der Waals surface area contributed by atoms with Gasteiger partial charge in [-0.1, -0.05) is 6.07 Å². The molecule has 8 nitrogen and oxygen atoms in total. The van der Waals surface area contributed by atoms with E-state index < -0.39 is 40.4 Å². The lowest BCUT2D eigenvalue weighted by Gasteiger charge is -2.20. The van der Waals surface area contributed by atoms with Gasteiger partial charge in [0.2, 0.25) is 5.75 Å². The van der Waals surface area contributed by atoms with E-state index >= 15 is 0 Å². The van der Waals surface area contributed by atoms with Crippen LogP contribution >= 0.6 is 0 Å². The summed E-state index contributed by atoms with van der Waals surface area (Å²) in [4.78, 5) is 32.8. The summed E-state index contributed by atoms with van der Waals surface area (Å²) in [7, 11) is 0. The molecular weight excluding hydrogens is 280 g/mol. The Bertz CT molecular complexity index is 544.